The number of rotatable bonds is 9. The lowest BCUT2D eigenvalue weighted by Crippen LogP contribution is -2.23. The van der Waals surface area contributed by atoms with Gasteiger partial charge in [0.05, 0.1) is 7.11 Å². The first-order valence-electron chi connectivity index (χ1n) is 12.6. The van der Waals surface area contributed by atoms with E-state index in [4.69, 9.17) is 14.2 Å². The molecule has 1 amide bonds. The van der Waals surface area contributed by atoms with Gasteiger partial charge in [-0.1, -0.05) is 36.0 Å². The van der Waals surface area contributed by atoms with Crippen molar-refractivity contribution in [1.29, 1.82) is 0 Å². The second-order valence-electron chi connectivity index (χ2n) is 8.90. The van der Waals surface area contributed by atoms with Gasteiger partial charge in [-0.3, -0.25) is 14.3 Å². The quantitative estimate of drug-likeness (QED) is 0.247. The Morgan fingerprint density at radius 2 is 1.85 bits per heavy atom. The van der Waals surface area contributed by atoms with Gasteiger partial charge in [0.1, 0.15) is 5.75 Å². The lowest BCUT2D eigenvalue weighted by atomic mass is 10.1. The van der Waals surface area contributed by atoms with Crippen molar-refractivity contribution in [3.63, 3.8) is 0 Å². The fraction of sp³-hybridized carbons (Fsp3) is 0.133. The molecule has 0 aliphatic carbocycles. The van der Waals surface area contributed by atoms with E-state index in [0.29, 0.717) is 40.3 Å². The van der Waals surface area contributed by atoms with Crippen LogP contribution in [0.25, 0.3) is 17.1 Å². The van der Waals surface area contributed by atoms with Crippen molar-refractivity contribution in [3.8, 4) is 34.3 Å². The van der Waals surface area contributed by atoms with E-state index in [1.54, 1.807) is 19.5 Å². The number of amides is 1. The lowest BCUT2D eigenvalue weighted by Gasteiger charge is -2.13. The SMILES string of the molecule is COc1ccc(-n2c(SCc3ccccc3C(=O)NCc3ccc4c(c3)OCO4)nnc2-c2cccnc2)cc1. The van der Waals surface area contributed by atoms with Gasteiger partial charge in [0.2, 0.25) is 6.79 Å². The molecule has 9 nitrogen and oxygen atoms in total. The van der Waals surface area contributed by atoms with Gasteiger partial charge in [0.15, 0.2) is 22.5 Å². The first kappa shape index (κ1) is 25.4. The summed E-state index contributed by atoms with van der Waals surface area (Å²) >= 11 is 1.51. The van der Waals surface area contributed by atoms with E-state index in [-0.39, 0.29) is 12.7 Å². The first-order valence-corrected chi connectivity index (χ1v) is 13.6. The predicted octanol–water partition coefficient (Wildman–Crippen LogP) is 5.29. The van der Waals surface area contributed by atoms with Crippen LogP contribution in [0.3, 0.4) is 0 Å². The summed E-state index contributed by atoms with van der Waals surface area (Å²) in [7, 11) is 1.64. The highest BCUT2D eigenvalue weighted by Crippen LogP contribution is 2.33. The molecule has 1 N–H and O–H groups in total. The summed E-state index contributed by atoms with van der Waals surface area (Å²) in [5, 5.41) is 12.7. The zero-order valence-corrected chi connectivity index (χ0v) is 22.4. The van der Waals surface area contributed by atoms with Crippen LogP contribution in [0.15, 0.2) is 96.4 Å². The number of benzene rings is 3. The molecule has 1 aliphatic rings. The minimum atomic E-state index is -0.151. The molecule has 3 heterocycles. The average Bonchev–Trinajstić information content (AvgIpc) is 3.66. The molecule has 0 spiro atoms. The minimum absolute atomic E-state index is 0.151. The molecule has 1 aliphatic heterocycles. The summed E-state index contributed by atoms with van der Waals surface area (Å²) in [6.07, 6.45) is 3.49. The Morgan fingerprint density at radius 1 is 1.00 bits per heavy atom. The monoisotopic (exact) mass is 551 g/mol. The van der Waals surface area contributed by atoms with Gasteiger partial charge in [-0.2, -0.15) is 0 Å². The van der Waals surface area contributed by atoms with E-state index in [1.807, 2.05) is 83.4 Å². The number of pyridine rings is 1. The third-order valence-electron chi connectivity index (χ3n) is 6.39. The first-order chi connectivity index (χ1) is 19.7. The molecule has 0 saturated heterocycles. The summed E-state index contributed by atoms with van der Waals surface area (Å²) in [4.78, 5) is 17.4. The summed E-state index contributed by atoms with van der Waals surface area (Å²) in [5.74, 6) is 3.21. The Bertz CT molecular complexity index is 1640. The highest BCUT2D eigenvalue weighted by molar-refractivity contribution is 7.98. The molecule has 40 heavy (non-hydrogen) atoms. The average molecular weight is 552 g/mol. The van der Waals surface area contributed by atoms with Crippen molar-refractivity contribution < 1.29 is 19.0 Å². The molecule has 200 valence electrons. The van der Waals surface area contributed by atoms with Crippen LogP contribution in [-0.2, 0) is 12.3 Å². The number of nitrogens with one attached hydrogen (secondary N) is 1. The fourth-order valence-corrected chi connectivity index (χ4v) is 5.30. The molecule has 6 rings (SSSR count). The van der Waals surface area contributed by atoms with E-state index in [2.05, 4.69) is 20.5 Å². The predicted molar refractivity (Wildman–Crippen MR) is 151 cm³/mol. The van der Waals surface area contributed by atoms with Crippen molar-refractivity contribution in [2.24, 2.45) is 0 Å². The number of methoxy groups -OCH3 is 1. The van der Waals surface area contributed by atoms with Crippen molar-refractivity contribution in [1.82, 2.24) is 25.1 Å². The molecule has 0 bridgehead atoms. The summed E-state index contributed by atoms with van der Waals surface area (Å²) < 4.78 is 18.1. The van der Waals surface area contributed by atoms with E-state index in [9.17, 15) is 4.79 Å². The van der Waals surface area contributed by atoms with Crippen LogP contribution in [0.1, 0.15) is 21.5 Å². The third kappa shape index (κ3) is 5.34. The Morgan fingerprint density at radius 3 is 2.67 bits per heavy atom. The minimum Gasteiger partial charge on any atom is -0.497 e. The number of aromatic nitrogens is 4. The topological polar surface area (TPSA) is 100 Å². The Hall–Kier alpha value is -4.83. The van der Waals surface area contributed by atoms with Crippen molar-refractivity contribution in [2.45, 2.75) is 17.5 Å². The molecular formula is C30H25N5O4S. The van der Waals surface area contributed by atoms with Crippen LogP contribution >= 0.6 is 11.8 Å². The number of thioether (sulfide) groups is 1. The maximum Gasteiger partial charge on any atom is 0.251 e. The number of carbonyl (C=O) groups excluding carboxylic acids is 1. The second kappa shape index (κ2) is 11.5. The number of fused-ring (bicyclic) bond motifs is 1. The van der Waals surface area contributed by atoms with Crippen LogP contribution in [0, 0.1) is 0 Å². The summed E-state index contributed by atoms with van der Waals surface area (Å²) in [6.45, 7) is 0.587. The molecule has 10 heteroatoms. The van der Waals surface area contributed by atoms with Gasteiger partial charge < -0.3 is 19.5 Å². The van der Waals surface area contributed by atoms with Crippen LogP contribution in [0.2, 0.25) is 0 Å². The second-order valence-corrected chi connectivity index (χ2v) is 9.84. The number of hydrogen-bond acceptors (Lipinski definition) is 8. The fourth-order valence-electron chi connectivity index (χ4n) is 4.35. The van der Waals surface area contributed by atoms with Gasteiger partial charge in [0.25, 0.3) is 5.91 Å². The Kier molecular flexibility index (Phi) is 7.32. The van der Waals surface area contributed by atoms with Gasteiger partial charge in [-0.05, 0) is 65.7 Å². The zero-order chi connectivity index (χ0) is 27.3. The highest BCUT2D eigenvalue weighted by Gasteiger charge is 2.19. The van der Waals surface area contributed by atoms with Crippen LogP contribution in [0.4, 0.5) is 0 Å². The number of nitrogens with zero attached hydrogens (tertiary/aromatic N) is 4. The standard InChI is InChI=1S/C30H25N5O4S/c1-37-24-11-9-23(10-12-24)35-28(21-6-4-14-31-17-21)33-34-30(35)40-18-22-5-2-3-7-25(22)29(36)32-16-20-8-13-26-27(15-20)39-19-38-26/h2-15,17H,16,18-19H2,1H3,(H,32,36). The maximum absolute atomic E-state index is 13.2. The van der Waals surface area contributed by atoms with Crippen molar-refractivity contribution >= 4 is 17.7 Å². The van der Waals surface area contributed by atoms with E-state index in [0.717, 1.165) is 28.1 Å². The third-order valence-corrected chi connectivity index (χ3v) is 7.37. The van der Waals surface area contributed by atoms with Crippen LogP contribution in [-0.4, -0.2) is 39.6 Å². The molecule has 0 atom stereocenters. The molecule has 0 saturated carbocycles. The largest absolute Gasteiger partial charge is 0.497 e. The summed E-state index contributed by atoms with van der Waals surface area (Å²) in [5.41, 5.74) is 4.17. The molecule has 2 aromatic heterocycles. The van der Waals surface area contributed by atoms with Gasteiger partial charge >= 0.3 is 0 Å². The zero-order valence-electron chi connectivity index (χ0n) is 21.6. The molecule has 0 fully saturated rings. The number of hydrogen-bond donors (Lipinski definition) is 1. The van der Waals surface area contributed by atoms with Crippen molar-refractivity contribution in [3.05, 3.63) is 108 Å². The molecule has 5 aromatic rings. The van der Waals surface area contributed by atoms with Crippen LogP contribution in [0.5, 0.6) is 17.2 Å². The normalized spacial score (nSPS) is 11.8. The number of ether oxygens (including phenoxy) is 3. The summed E-state index contributed by atoms with van der Waals surface area (Å²) in [6, 6.07) is 24.8. The molecular weight excluding hydrogens is 526 g/mol. The smallest absolute Gasteiger partial charge is 0.251 e. The molecule has 3 aromatic carbocycles. The molecule has 0 unspecified atom stereocenters. The van der Waals surface area contributed by atoms with Gasteiger partial charge in [-0.15, -0.1) is 10.2 Å². The van der Waals surface area contributed by atoms with Gasteiger partial charge in [-0.25, -0.2) is 0 Å². The van der Waals surface area contributed by atoms with E-state index >= 15 is 0 Å². The number of carbonyl (C=O) groups is 1. The maximum atomic E-state index is 13.2. The Labute approximate surface area is 235 Å². The Balaban J connectivity index is 1.22. The van der Waals surface area contributed by atoms with Crippen LogP contribution < -0.4 is 19.5 Å². The van der Waals surface area contributed by atoms with Crippen molar-refractivity contribution in [2.75, 3.05) is 13.9 Å². The highest BCUT2D eigenvalue weighted by atomic mass is 32.2. The van der Waals surface area contributed by atoms with Gasteiger partial charge in [0, 0.05) is 41.5 Å². The van der Waals surface area contributed by atoms with E-state index in [1.165, 1.54) is 11.8 Å². The lowest BCUT2D eigenvalue weighted by molar-refractivity contribution is 0.0950. The molecule has 0 radical (unpaired) electrons. The van der Waals surface area contributed by atoms with E-state index < -0.39 is 0 Å².